The van der Waals surface area contributed by atoms with Crippen LogP contribution in [0.15, 0.2) is 18.2 Å². The Morgan fingerprint density at radius 1 is 1.35 bits per heavy atom. The molecule has 2 amide bonds. The standard InChI is InChI=1S/C17H20ClFN2O2/c18-12-4-7-15-14(8-12)17(19,23-9-11-2-1-3-11)10-21(13-5-6-13)16(22)20-15/h4,7-8,11,13H,1-3,5-6,9-10H2,(H,20,22). The molecule has 2 saturated carbocycles. The Kier molecular flexibility index (Phi) is 3.73. The van der Waals surface area contributed by atoms with Crippen LogP contribution in [0.1, 0.15) is 37.7 Å². The molecule has 0 spiro atoms. The normalized spacial score (nSPS) is 27.9. The van der Waals surface area contributed by atoms with Gasteiger partial charge in [-0.1, -0.05) is 18.0 Å². The van der Waals surface area contributed by atoms with Gasteiger partial charge in [0.25, 0.3) is 5.85 Å². The largest absolute Gasteiger partial charge is 0.341 e. The Bertz CT molecular complexity index is 633. The summed E-state index contributed by atoms with van der Waals surface area (Å²) in [5, 5.41) is 3.24. The van der Waals surface area contributed by atoms with Crippen molar-refractivity contribution in [2.45, 2.75) is 44.0 Å². The summed E-state index contributed by atoms with van der Waals surface area (Å²) in [5.74, 6) is -1.59. The van der Waals surface area contributed by atoms with E-state index in [1.165, 1.54) is 6.42 Å². The van der Waals surface area contributed by atoms with Gasteiger partial charge in [0.15, 0.2) is 0 Å². The molecule has 1 heterocycles. The molecule has 1 aliphatic heterocycles. The molecule has 0 aromatic heterocycles. The lowest BCUT2D eigenvalue weighted by molar-refractivity contribution is -0.174. The lowest BCUT2D eigenvalue weighted by Crippen LogP contribution is -2.44. The van der Waals surface area contributed by atoms with Gasteiger partial charge in [0.2, 0.25) is 0 Å². The van der Waals surface area contributed by atoms with Crippen LogP contribution in [0, 0.1) is 5.92 Å². The first-order chi connectivity index (χ1) is 11.0. The lowest BCUT2D eigenvalue weighted by Gasteiger charge is -2.33. The fraction of sp³-hybridized carbons (Fsp3) is 0.588. The first kappa shape index (κ1) is 15.2. The van der Waals surface area contributed by atoms with Crippen LogP contribution in [0.3, 0.4) is 0 Å². The van der Waals surface area contributed by atoms with E-state index in [1.54, 1.807) is 23.1 Å². The number of carbonyl (C=O) groups is 1. The minimum atomic E-state index is -2.02. The Hall–Kier alpha value is -1.33. The predicted molar refractivity (Wildman–Crippen MR) is 86.3 cm³/mol. The third kappa shape index (κ3) is 2.92. The van der Waals surface area contributed by atoms with E-state index in [0.717, 1.165) is 25.7 Å². The molecular weight excluding hydrogens is 319 g/mol. The topological polar surface area (TPSA) is 41.6 Å². The second-order valence-electron chi connectivity index (χ2n) is 6.82. The number of carbonyl (C=O) groups excluding carboxylic acids is 1. The number of urea groups is 1. The summed E-state index contributed by atoms with van der Waals surface area (Å²) in [5.41, 5.74) is 0.763. The van der Waals surface area contributed by atoms with E-state index in [0.29, 0.717) is 28.8 Å². The third-order valence-electron chi connectivity index (χ3n) is 5.02. The highest BCUT2D eigenvalue weighted by Gasteiger charge is 2.46. The summed E-state index contributed by atoms with van der Waals surface area (Å²) in [6, 6.07) is 4.71. The summed E-state index contributed by atoms with van der Waals surface area (Å²) in [6.45, 7) is 0.304. The number of nitrogens with zero attached hydrogens (tertiary/aromatic N) is 1. The molecule has 1 atom stereocenters. The Morgan fingerprint density at radius 3 is 2.78 bits per heavy atom. The molecular formula is C17H20ClFN2O2. The van der Waals surface area contributed by atoms with Gasteiger partial charge in [-0.15, -0.1) is 0 Å². The Balaban J connectivity index is 1.67. The summed E-state index contributed by atoms with van der Waals surface area (Å²) in [6.07, 6.45) is 5.19. The molecule has 6 heteroatoms. The van der Waals surface area contributed by atoms with Gasteiger partial charge in [-0.3, -0.25) is 0 Å². The third-order valence-corrected chi connectivity index (χ3v) is 5.26. The molecule has 2 fully saturated rings. The summed E-state index contributed by atoms with van der Waals surface area (Å²) < 4.78 is 21.6. The lowest BCUT2D eigenvalue weighted by atomic mass is 9.86. The number of amides is 2. The number of rotatable bonds is 4. The molecule has 124 valence electrons. The van der Waals surface area contributed by atoms with Crippen molar-refractivity contribution < 1.29 is 13.9 Å². The van der Waals surface area contributed by atoms with Crippen molar-refractivity contribution in [3.8, 4) is 0 Å². The number of fused-ring (bicyclic) bond motifs is 1. The van der Waals surface area contributed by atoms with E-state index in [1.807, 2.05) is 0 Å². The van der Waals surface area contributed by atoms with Crippen molar-refractivity contribution in [1.82, 2.24) is 4.90 Å². The number of alkyl halides is 1. The number of hydrogen-bond donors (Lipinski definition) is 1. The van der Waals surface area contributed by atoms with Gasteiger partial charge in [-0.05, 0) is 49.8 Å². The number of nitrogens with one attached hydrogen (secondary N) is 1. The second kappa shape index (κ2) is 5.64. The van der Waals surface area contributed by atoms with Crippen molar-refractivity contribution in [2.75, 3.05) is 18.5 Å². The molecule has 4 nitrogen and oxygen atoms in total. The summed E-state index contributed by atoms with van der Waals surface area (Å²) in [4.78, 5) is 14.0. The highest BCUT2D eigenvalue weighted by Crippen LogP contribution is 2.42. The van der Waals surface area contributed by atoms with E-state index in [-0.39, 0.29) is 18.6 Å². The molecule has 0 radical (unpaired) electrons. The molecule has 1 unspecified atom stereocenters. The molecule has 2 aliphatic carbocycles. The molecule has 3 aliphatic rings. The van der Waals surface area contributed by atoms with E-state index >= 15 is 4.39 Å². The van der Waals surface area contributed by atoms with Gasteiger partial charge < -0.3 is 15.0 Å². The Morgan fingerprint density at radius 2 is 2.13 bits per heavy atom. The summed E-state index contributed by atoms with van der Waals surface area (Å²) in [7, 11) is 0. The zero-order chi connectivity index (χ0) is 16.0. The highest BCUT2D eigenvalue weighted by atomic mass is 35.5. The van der Waals surface area contributed by atoms with Crippen LogP contribution in [0.4, 0.5) is 14.9 Å². The van der Waals surface area contributed by atoms with Crippen LogP contribution < -0.4 is 5.32 Å². The number of hydrogen-bond acceptors (Lipinski definition) is 2. The van der Waals surface area contributed by atoms with Gasteiger partial charge in [0.1, 0.15) is 0 Å². The van der Waals surface area contributed by atoms with Gasteiger partial charge in [0.05, 0.1) is 18.8 Å². The van der Waals surface area contributed by atoms with Crippen LogP contribution in [0.2, 0.25) is 5.02 Å². The van der Waals surface area contributed by atoms with E-state index in [9.17, 15) is 4.79 Å². The van der Waals surface area contributed by atoms with Crippen molar-refractivity contribution in [2.24, 2.45) is 5.92 Å². The van der Waals surface area contributed by atoms with E-state index < -0.39 is 5.85 Å². The average molecular weight is 339 g/mol. The van der Waals surface area contributed by atoms with Crippen molar-refractivity contribution >= 4 is 23.3 Å². The number of benzene rings is 1. The van der Waals surface area contributed by atoms with Crippen LogP contribution in [0.25, 0.3) is 0 Å². The molecule has 0 bridgehead atoms. The second-order valence-corrected chi connectivity index (χ2v) is 7.25. The number of halogens is 2. The van der Waals surface area contributed by atoms with Gasteiger partial charge >= 0.3 is 6.03 Å². The maximum absolute atomic E-state index is 15.8. The zero-order valence-corrected chi connectivity index (χ0v) is 13.6. The van der Waals surface area contributed by atoms with Crippen molar-refractivity contribution in [1.29, 1.82) is 0 Å². The van der Waals surface area contributed by atoms with Gasteiger partial charge in [0, 0.05) is 16.6 Å². The SMILES string of the molecule is O=C1Nc2ccc(Cl)cc2C(F)(OCC2CCC2)CN1C1CC1. The predicted octanol–water partition coefficient (Wildman–Crippen LogP) is 4.29. The molecule has 1 N–H and O–H groups in total. The van der Waals surface area contributed by atoms with Crippen LogP contribution in [-0.2, 0) is 10.6 Å². The minimum Gasteiger partial charge on any atom is -0.341 e. The van der Waals surface area contributed by atoms with E-state index in [4.69, 9.17) is 16.3 Å². The zero-order valence-electron chi connectivity index (χ0n) is 12.9. The van der Waals surface area contributed by atoms with Crippen molar-refractivity contribution in [3.63, 3.8) is 0 Å². The van der Waals surface area contributed by atoms with Crippen LogP contribution >= 0.6 is 11.6 Å². The Labute approximate surface area is 139 Å². The molecule has 1 aromatic carbocycles. The fourth-order valence-electron chi connectivity index (χ4n) is 3.21. The molecule has 1 aromatic rings. The minimum absolute atomic E-state index is 0.0798. The number of ether oxygens (including phenoxy) is 1. The van der Waals surface area contributed by atoms with Crippen LogP contribution in [-0.4, -0.2) is 30.1 Å². The maximum Gasteiger partial charge on any atom is 0.322 e. The fourth-order valence-corrected chi connectivity index (χ4v) is 3.38. The molecule has 23 heavy (non-hydrogen) atoms. The smallest absolute Gasteiger partial charge is 0.322 e. The van der Waals surface area contributed by atoms with Crippen molar-refractivity contribution in [3.05, 3.63) is 28.8 Å². The first-order valence-corrected chi connectivity index (χ1v) is 8.63. The molecule has 0 saturated heterocycles. The van der Waals surface area contributed by atoms with Gasteiger partial charge in [-0.25, -0.2) is 9.18 Å². The van der Waals surface area contributed by atoms with Crippen LogP contribution in [0.5, 0.6) is 0 Å². The monoisotopic (exact) mass is 338 g/mol. The number of anilines is 1. The average Bonchev–Trinajstić information content (AvgIpc) is 3.29. The van der Waals surface area contributed by atoms with E-state index in [2.05, 4.69) is 5.32 Å². The highest BCUT2D eigenvalue weighted by molar-refractivity contribution is 6.30. The first-order valence-electron chi connectivity index (χ1n) is 8.26. The maximum atomic E-state index is 15.8. The summed E-state index contributed by atoms with van der Waals surface area (Å²) >= 11 is 6.06. The molecule has 4 rings (SSSR count). The quantitative estimate of drug-likeness (QED) is 0.889. The van der Waals surface area contributed by atoms with Gasteiger partial charge in [-0.2, -0.15) is 0 Å².